The number of allylic oxidation sites excluding steroid dienone is 1. The van der Waals surface area contributed by atoms with Gasteiger partial charge in [0, 0.05) is 67.3 Å². The molecular formula is C29H38N8O2S. The van der Waals surface area contributed by atoms with Gasteiger partial charge in [-0.25, -0.2) is 14.8 Å². The Morgan fingerprint density at radius 1 is 1.15 bits per heavy atom. The van der Waals surface area contributed by atoms with Crippen molar-refractivity contribution in [3.05, 3.63) is 47.8 Å². The van der Waals surface area contributed by atoms with Gasteiger partial charge >= 0.3 is 6.09 Å². The Kier molecular flexibility index (Phi) is 7.00. The third kappa shape index (κ3) is 6.11. The predicted octanol–water partition coefficient (Wildman–Crippen LogP) is 3.78. The zero-order chi connectivity index (χ0) is 28.1. The minimum absolute atomic E-state index is 0.00818. The molecule has 2 atom stereocenters. The normalized spacial score (nSPS) is 24.5. The molecule has 6 rings (SSSR count). The largest absolute Gasteiger partial charge is 0.444 e. The summed E-state index contributed by atoms with van der Waals surface area (Å²) in [6, 6.07) is 10.1. The number of dihydropyridines is 1. The van der Waals surface area contributed by atoms with E-state index in [2.05, 4.69) is 56.4 Å². The van der Waals surface area contributed by atoms with E-state index in [4.69, 9.17) is 14.7 Å². The number of nitrogens with zero attached hydrogens (tertiary/aromatic N) is 6. The number of amides is 1. The van der Waals surface area contributed by atoms with Crippen LogP contribution in [-0.2, 0) is 4.74 Å². The zero-order valence-corrected chi connectivity index (χ0v) is 24.7. The minimum atomic E-state index is -0.545. The fourth-order valence-corrected chi connectivity index (χ4v) is 5.89. The molecular weight excluding hydrogens is 524 g/mol. The molecule has 2 unspecified atom stereocenters. The van der Waals surface area contributed by atoms with Gasteiger partial charge in [0.15, 0.2) is 5.16 Å². The number of nitrogens with one attached hydrogen (secondary N) is 2. The van der Waals surface area contributed by atoms with Crippen LogP contribution in [0.2, 0.25) is 0 Å². The van der Waals surface area contributed by atoms with Crippen LogP contribution in [0.25, 0.3) is 0 Å². The molecule has 3 saturated heterocycles. The summed E-state index contributed by atoms with van der Waals surface area (Å²) < 4.78 is 5.36. The Morgan fingerprint density at radius 2 is 1.88 bits per heavy atom. The fraction of sp³-hybridized carbons (Fsp3) is 0.517. The lowest BCUT2D eigenvalue weighted by molar-refractivity contribution is 0.0636. The summed E-state index contributed by atoms with van der Waals surface area (Å²) in [5.74, 6) is 0.991. The van der Waals surface area contributed by atoms with Crippen LogP contribution in [-0.4, -0.2) is 95.6 Å². The number of aromatic nitrogens is 2. The van der Waals surface area contributed by atoms with Crippen molar-refractivity contribution >= 4 is 35.1 Å². The van der Waals surface area contributed by atoms with Crippen molar-refractivity contribution in [2.75, 3.05) is 63.1 Å². The van der Waals surface area contributed by atoms with Crippen molar-refractivity contribution in [1.82, 2.24) is 25.1 Å². The van der Waals surface area contributed by atoms with Gasteiger partial charge in [-0.3, -0.25) is 10.3 Å². The standard InChI is InChI=1S/C29H38N8O2S/c1-19-14-24(29(17-30-19)18-31-29)37-16-23(37)22-15-25(36-12-10-35(5)11-13-36)34-26(33-22)40-21-8-6-20(7-9-21)32-27(38)39-28(2,3)4/h6-9,14-15,23,31H,10-13,16-18H2,1-5H3,(H,32,38). The number of anilines is 2. The second kappa shape index (κ2) is 10.4. The Balaban J connectivity index is 1.21. The number of rotatable bonds is 6. The number of benzene rings is 1. The fourth-order valence-electron chi connectivity index (χ4n) is 5.12. The molecule has 11 heteroatoms. The van der Waals surface area contributed by atoms with E-state index >= 15 is 0 Å². The molecule has 0 saturated carbocycles. The van der Waals surface area contributed by atoms with E-state index in [1.165, 1.54) is 5.70 Å². The number of ether oxygens (including phenoxy) is 1. The van der Waals surface area contributed by atoms with E-state index in [9.17, 15) is 4.79 Å². The second-order valence-corrected chi connectivity index (χ2v) is 13.1. The zero-order valence-electron chi connectivity index (χ0n) is 23.9. The molecule has 0 bridgehead atoms. The van der Waals surface area contributed by atoms with Crippen molar-refractivity contribution in [2.45, 2.75) is 54.9 Å². The van der Waals surface area contributed by atoms with Crippen LogP contribution in [0.15, 0.2) is 57.1 Å². The first-order chi connectivity index (χ1) is 19.1. The number of likely N-dealkylation sites (N-methyl/N-ethyl adjacent to an activating group) is 1. The maximum absolute atomic E-state index is 12.1. The van der Waals surface area contributed by atoms with Gasteiger partial charge in [-0.05, 0) is 76.8 Å². The first-order valence-electron chi connectivity index (χ1n) is 13.9. The molecule has 1 aromatic carbocycles. The van der Waals surface area contributed by atoms with Gasteiger partial charge in [0.05, 0.1) is 23.8 Å². The van der Waals surface area contributed by atoms with Crippen LogP contribution < -0.4 is 15.5 Å². The lowest BCUT2D eigenvalue weighted by Gasteiger charge is -2.33. The highest BCUT2D eigenvalue weighted by Crippen LogP contribution is 2.46. The highest BCUT2D eigenvalue weighted by Gasteiger charge is 2.54. The van der Waals surface area contributed by atoms with Crippen LogP contribution in [0.5, 0.6) is 0 Å². The first kappa shape index (κ1) is 27.0. The number of carbonyl (C=O) groups excluding carboxylic acids is 1. The van der Waals surface area contributed by atoms with Gasteiger partial charge in [-0.15, -0.1) is 0 Å². The quantitative estimate of drug-likeness (QED) is 0.402. The Labute approximate surface area is 240 Å². The molecule has 212 valence electrons. The number of hydrogen-bond donors (Lipinski definition) is 2. The molecule has 5 heterocycles. The van der Waals surface area contributed by atoms with E-state index < -0.39 is 11.7 Å². The molecule has 1 spiro atoms. The maximum atomic E-state index is 12.1. The number of hydrogen-bond acceptors (Lipinski definition) is 10. The van der Waals surface area contributed by atoms with Crippen molar-refractivity contribution < 1.29 is 9.53 Å². The molecule has 10 nitrogen and oxygen atoms in total. The highest BCUT2D eigenvalue weighted by atomic mass is 32.2. The van der Waals surface area contributed by atoms with Gasteiger partial charge in [0.25, 0.3) is 0 Å². The third-order valence-electron chi connectivity index (χ3n) is 7.55. The van der Waals surface area contributed by atoms with Crippen molar-refractivity contribution in [3.8, 4) is 0 Å². The van der Waals surface area contributed by atoms with Crippen LogP contribution in [0.4, 0.5) is 16.3 Å². The Morgan fingerprint density at radius 3 is 2.55 bits per heavy atom. The van der Waals surface area contributed by atoms with E-state index in [1.807, 2.05) is 45.0 Å². The minimum Gasteiger partial charge on any atom is -0.444 e. The van der Waals surface area contributed by atoms with Gasteiger partial charge in [0.2, 0.25) is 0 Å². The van der Waals surface area contributed by atoms with Crippen LogP contribution >= 0.6 is 11.8 Å². The maximum Gasteiger partial charge on any atom is 0.412 e. The van der Waals surface area contributed by atoms with Crippen LogP contribution in [0.3, 0.4) is 0 Å². The van der Waals surface area contributed by atoms with E-state index in [-0.39, 0.29) is 11.6 Å². The van der Waals surface area contributed by atoms with Crippen LogP contribution in [0.1, 0.15) is 39.4 Å². The summed E-state index contributed by atoms with van der Waals surface area (Å²) in [4.78, 5) is 35.0. The summed E-state index contributed by atoms with van der Waals surface area (Å²) in [5, 5.41) is 7.08. The summed E-state index contributed by atoms with van der Waals surface area (Å²) in [6.07, 6.45) is 1.77. The van der Waals surface area contributed by atoms with Crippen LogP contribution in [0, 0.1) is 0 Å². The Hall–Kier alpha value is -3.15. The molecule has 2 aromatic rings. The molecule has 1 amide bonds. The highest BCUT2D eigenvalue weighted by molar-refractivity contribution is 7.99. The molecule has 4 aliphatic heterocycles. The van der Waals surface area contributed by atoms with Gasteiger partial charge in [-0.2, -0.15) is 0 Å². The van der Waals surface area contributed by atoms with Crippen molar-refractivity contribution in [1.29, 1.82) is 0 Å². The predicted molar refractivity (Wildman–Crippen MR) is 158 cm³/mol. The first-order valence-corrected chi connectivity index (χ1v) is 14.7. The molecule has 3 fully saturated rings. The summed E-state index contributed by atoms with van der Waals surface area (Å²) in [6.45, 7) is 14.3. The number of piperazine rings is 1. The smallest absolute Gasteiger partial charge is 0.412 e. The number of aliphatic imine (C=N–C) groups is 1. The summed E-state index contributed by atoms with van der Waals surface area (Å²) >= 11 is 1.54. The monoisotopic (exact) mass is 562 g/mol. The third-order valence-corrected chi connectivity index (χ3v) is 8.42. The van der Waals surface area contributed by atoms with E-state index in [0.717, 1.165) is 73.1 Å². The van der Waals surface area contributed by atoms with Crippen molar-refractivity contribution in [3.63, 3.8) is 0 Å². The molecule has 0 aliphatic carbocycles. The molecule has 0 radical (unpaired) electrons. The van der Waals surface area contributed by atoms with E-state index in [0.29, 0.717) is 5.69 Å². The average Bonchev–Trinajstić information content (AvgIpc) is 3.82. The van der Waals surface area contributed by atoms with Gasteiger partial charge in [-0.1, -0.05) is 0 Å². The summed E-state index contributed by atoms with van der Waals surface area (Å²) in [5.41, 5.74) is 3.63. The Bertz CT molecular complexity index is 1340. The van der Waals surface area contributed by atoms with Gasteiger partial charge in [0.1, 0.15) is 11.4 Å². The topological polar surface area (TPSA) is 108 Å². The molecule has 2 N–H and O–H groups in total. The van der Waals surface area contributed by atoms with Crippen molar-refractivity contribution in [2.24, 2.45) is 4.99 Å². The average molecular weight is 563 g/mol. The number of carbonyl (C=O) groups is 1. The second-order valence-electron chi connectivity index (χ2n) is 12.1. The van der Waals surface area contributed by atoms with Gasteiger partial charge < -0.3 is 24.8 Å². The molecule has 40 heavy (non-hydrogen) atoms. The lowest BCUT2D eigenvalue weighted by Crippen LogP contribution is -2.44. The molecule has 1 aromatic heterocycles. The lowest BCUT2D eigenvalue weighted by atomic mass is 10.0. The SMILES string of the molecule is CC1=NCC2(CN2)C(N2CC2c2cc(N3CCN(C)CC3)nc(Sc3ccc(NC(=O)OC(C)(C)C)cc3)n2)=C1. The summed E-state index contributed by atoms with van der Waals surface area (Å²) in [7, 11) is 2.17. The van der Waals surface area contributed by atoms with E-state index in [1.54, 1.807) is 11.8 Å². The molecule has 4 aliphatic rings.